The van der Waals surface area contributed by atoms with Crippen LogP contribution < -0.4 is 0 Å². The third kappa shape index (κ3) is 4.98. The molecule has 1 aliphatic heterocycles. The van der Waals surface area contributed by atoms with E-state index in [2.05, 4.69) is 23.1 Å². The first-order valence-corrected chi connectivity index (χ1v) is 11.1. The largest absolute Gasteiger partial charge is 0.469 e. The predicted molar refractivity (Wildman–Crippen MR) is 108 cm³/mol. The van der Waals surface area contributed by atoms with E-state index in [0.29, 0.717) is 26.2 Å². The molecule has 2 aromatic rings. The van der Waals surface area contributed by atoms with Crippen molar-refractivity contribution in [2.75, 3.05) is 39.5 Å². The lowest BCUT2D eigenvalue weighted by Crippen LogP contribution is -2.49. The molecule has 0 radical (unpaired) electrons. The van der Waals surface area contributed by atoms with E-state index in [0.717, 1.165) is 16.7 Å². The SMILES string of the molecule is COC(=O)Cc1cccc(C(c2ccccc2)N2CCN(S(C)(=O)=O)CC2)c1. The zero-order valence-electron chi connectivity index (χ0n) is 16.2. The molecule has 1 atom stereocenters. The Kier molecular flexibility index (Phi) is 6.49. The Labute approximate surface area is 166 Å². The lowest BCUT2D eigenvalue weighted by Gasteiger charge is -2.39. The van der Waals surface area contributed by atoms with E-state index < -0.39 is 10.0 Å². The topological polar surface area (TPSA) is 66.9 Å². The molecule has 0 N–H and O–H groups in total. The fourth-order valence-electron chi connectivity index (χ4n) is 3.65. The van der Waals surface area contributed by atoms with Crippen LogP contribution in [-0.2, 0) is 26.0 Å². The molecule has 0 saturated carbocycles. The van der Waals surface area contributed by atoms with Gasteiger partial charge in [-0.1, -0.05) is 54.6 Å². The lowest BCUT2D eigenvalue weighted by atomic mass is 9.94. The number of hydrogen-bond acceptors (Lipinski definition) is 5. The number of rotatable bonds is 6. The molecule has 6 nitrogen and oxygen atoms in total. The summed E-state index contributed by atoms with van der Waals surface area (Å²) in [5, 5.41) is 0. The normalized spacial score (nSPS) is 17.2. The summed E-state index contributed by atoms with van der Waals surface area (Å²) in [6, 6.07) is 18.1. The summed E-state index contributed by atoms with van der Waals surface area (Å²) in [7, 11) is -1.78. The van der Waals surface area contributed by atoms with Crippen LogP contribution in [0, 0.1) is 0 Å². The second kappa shape index (κ2) is 8.86. The molecule has 1 fully saturated rings. The molecule has 1 heterocycles. The van der Waals surface area contributed by atoms with E-state index in [1.54, 1.807) is 0 Å². The van der Waals surface area contributed by atoms with E-state index in [1.165, 1.54) is 17.7 Å². The molecule has 1 saturated heterocycles. The van der Waals surface area contributed by atoms with Gasteiger partial charge in [-0.15, -0.1) is 0 Å². The first-order chi connectivity index (χ1) is 13.4. The van der Waals surface area contributed by atoms with Crippen molar-refractivity contribution in [3.05, 3.63) is 71.3 Å². The van der Waals surface area contributed by atoms with Crippen molar-refractivity contribution in [1.29, 1.82) is 0 Å². The van der Waals surface area contributed by atoms with Crippen molar-refractivity contribution in [3.8, 4) is 0 Å². The molecule has 0 bridgehead atoms. The lowest BCUT2D eigenvalue weighted by molar-refractivity contribution is -0.139. The van der Waals surface area contributed by atoms with Crippen LogP contribution in [0.2, 0.25) is 0 Å². The molecular formula is C21H26N2O4S. The van der Waals surface area contributed by atoms with Gasteiger partial charge in [-0.3, -0.25) is 9.69 Å². The summed E-state index contributed by atoms with van der Waals surface area (Å²) in [5.41, 5.74) is 3.13. The first-order valence-electron chi connectivity index (χ1n) is 9.28. The number of esters is 1. The highest BCUT2D eigenvalue weighted by atomic mass is 32.2. The maximum Gasteiger partial charge on any atom is 0.309 e. The van der Waals surface area contributed by atoms with Crippen LogP contribution >= 0.6 is 0 Å². The molecule has 0 aliphatic carbocycles. The molecule has 0 amide bonds. The van der Waals surface area contributed by atoms with Gasteiger partial charge in [0.25, 0.3) is 0 Å². The van der Waals surface area contributed by atoms with Gasteiger partial charge in [-0.05, 0) is 16.7 Å². The van der Waals surface area contributed by atoms with Crippen molar-refractivity contribution in [2.24, 2.45) is 0 Å². The third-order valence-corrected chi connectivity index (χ3v) is 6.37. The zero-order valence-corrected chi connectivity index (χ0v) is 17.1. The van der Waals surface area contributed by atoms with Gasteiger partial charge in [0, 0.05) is 26.2 Å². The number of carbonyl (C=O) groups excluding carboxylic acids is 1. The Morgan fingerprint density at radius 3 is 2.25 bits per heavy atom. The smallest absolute Gasteiger partial charge is 0.309 e. The van der Waals surface area contributed by atoms with Gasteiger partial charge < -0.3 is 4.74 Å². The van der Waals surface area contributed by atoms with E-state index in [1.807, 2.05) is 36.4 Å². The molecule has 28 heavy (non-hydrogen) atoms. The van der Waals surface area contributed by atoms with Gasteiger partial charge in [-0.2, -0.15) is 4.31 Å². The number of ether oxygens (including phenoxy) is 1. The van der Waals surface area contributed by atoms with E-state index in [4.69, 9.17) is 4.74 Å². The van der Waals surface area contributed by atoms with E-state index >= 15 is 0 Å². The standard InChI is InChI=1S/C21H26N2O4S/c1-27-20(24)16-17-7-6-10-19(15-17)21(18-8-4-3-5-9-18)22-11-13-23(14-12-22)28(2,25)26/h3-10,15,21H,11-14,16H2,1-2H3. The number of methoxy groups -OCH3 is 1. The number of piperazine rings is 1. The van der Waals surface area contributed by atoms with Crippen molar-refractivity contribution in [2.45, 2.75) is 12.5 Å². The van der Waals surface area contributed by atoms with Gasteiger partial charge in [-0.25, -0.2) is 8.42 Å². The van der Waals surface area contributed by atoms with E-state index in [9.17, 15) is 13.2 Å². The van der Waals surface area contributed by atoms with Crippen LogP contribution in [0.15, 0.2) is 54.6 Å². The quantitative estimate of drug-likeness (QED) is 0.692. The fourth-order valence-corrected chi connectivity index (χ4v) is 4.48. The minimum atomic E-state index is -3.17. The summed E-state index contributed by atoms with van der Waals surface area (Å²) in [4.78, 5) is 14.0. The Morgan fingerprint density at radius 2 is 1.64 bits per heavy atom. The first kappa shape index (κ1) is 20.5. The molecule has 0 spiro atoms. The zero-order chi connectivity index (χ0) is 20.1. The van der Waals surface area contributed by atoms with Crippen LogP contribution in [0.4, 0.5) is 0 Å². The summed E-state index contributed by atoms with van der Waals surface area (Å²) in [5.74, 6) is -0.268. The number of nitrogens with zero attached hydrogens (tertiary/aromatic N) is 2. The highest BCUT2D eigenvalue weighted by molar-refractivity contribution is 7.88. The second-order valence-corrected chi connectivity index (χ2v) is 8.99. The van der Waals surface area contributed by atoms with Crippen LogP contribution in [0.25, 0.3) is 0 Å². The van der Waals surface area contributed by atoms with Crippen LogP contribution in [0.5, 0.6) is 0 Å². The van der Waals surface area contributed by atoms with Crippen LogP contribution in [-0.4, -0.2) is 63.1 Å². The highest BCUT2D eigenvalue weighted by Gasteiger charge is 2.29. The Morgan fingerprint density at radius 1 is 1.00 bits per heavy atom. The molecule has 2 aromatic carbocycles. The van der Waals surface area contributed by atoms with Gasteiger partial charge >= 0.3 is 5.97 Å². The second-order valence-electron chi connectivity index (χ2n) is 7.01. The maximum absolute atomic E-state index is 11.8. The maximum atomic E-state index is 11.8. The summed E-state index contributed by atoms with van der Waals surface area (Å²) >= 11 is 0. The van der Waals surface area contributed by atoms with Gasteiger partial charge in [0.1, 0.15) is 0 Å². The third-order valence-electron chi connectivity index (χ3n) is 5.07. The van der Waals surface area contributed by atoms with Crippen molar-refractivity contribution < 1.29 is 17.9 Å². The highest BCUT2D eigenvalue weighted by Crippen LogP contribution is 2.30. The predicted octanol–water partition coefficient (Wildman–Crippen LogP) is 2.07. The molecule has 1 aliphatic rings. The summed E-state index contributed by atoms with van der Waals surface area (Å²) < 4.78 is 30.0. The summed E-state index contributed by atoms with van der Waals surface area (Å²) in [6.45, 7) is 2.25. The van der Waals surface area contributed by atoms with E-state index in [-0.39, 0.29) is 18.4 Å². The average Bonchev–Trinajstić information content (AvgIpc) is 2.69. The van der Waals surface area contributed by atoms with Crippen molar-refractivity contribution >= 4 is 16.0 Å². The molecule has 3 rings (SSSR count). The van der Waals surface area contributed by atoms with Crippen LogP contribution in [0.3, 0.4) is 0 Å². The Balaban J connectivity index is 1.89. The fraction of sp³-hybridized carbons (Fsp3) is 0.381. The minimum absolute atomic E-state index is 0.000470. The van der Waals surface area contributed by atoms with Gasteiger partial charge in [0.15, 0.2) is 0 Å². The number of benzene rings is 2. The Hall–Kier alpha value is -2.22. The molecule has 7 heteroatoms. The molecule has 0 aromatic heterocycles. The van der Waals surface area contributed by atoms with Gasteiger partial charge in [0.2, 0.25) is 10.0 Å². The summed E-state index contributed by atoms with van der Waals surface area (Å²) in [6.07, 6.45) is 1.49. The Bertz CT molecular complexity index is 907. The van der Waals surface area contributed by atoms with Crippen molar-refractivity contribution in [3.63, 3.8) is 0 Å². The van der Waals surface area contributed by atoms with Crippen LogP contribution in [0.1, 0.15) is 22.7 Å². The average molecular weight is 403 g/mol. The van der Waals surface area contributed by atoms with Crippen molar-refractivity contribution in [1.82, 2.24) is 9.21 Å². The molecular weight excluding hydrogens is 376 g/mol. The number of carbonyl (C=O) groups is 1. The van der Waals surface area contributed by atoms with Gasteiger partial charge in [0.05, 0.1) is 25.8 Å². The monoisotopic (exact) mass is 402 g/mol. The number of hydrogen-bond donors (Lipinski definition) is 0. The molecule has 1 unspecified atom stereocenters. The molecule has 150 valence electrons. The minimum Gasteiger partial charge on any atom is -0.469 e. The number of sulfonamides is 1.